The molecule has 1 heterocycles. The zero-order chi connectivity index (χ0) is 15.1. The Hall–Kier alpha value is -2.01. The molecule has 0 aliphatic rings. The summed E-state index contributed by atoms with van der Waals surface area (Å²) < 4.78 is 5.67. The molecule has 2 rings (SSSR count). The normalized spacial score (nSPS) is 10.4. The molecule has 2 amide bonds. The quantitative estimate of drug-likeness (QED) is 0.850. The van der Waals surface area contributed by atoms with Gasteiger partial charge in [-0.05, 0) is 43.8 Å². The van der Waals surface area contributed by atoms with E-state index in [0.717, 1.165) is 6.42 Å². The van der Waals surface area contributed by atoms with E-state index in [1.165, 1.54) is 4.88 Å². The van der Waals surface area contributed by atoms with Crippen LogP contribution in [0.1, 0.15) is 18.7 Å². The molecule has 112 valence electrons. The summed E-state index contributed by atoms with van der Waals surface area (Å²) in [5.41, 5.74) is 0.680. The number of ether oxygens (including phenoxy) is 1. The van der Waals surface area contributed by atoms with Crippen LogP contribution >= 0.6 is 11.3 Å². The second-order valence-electron chi connectivity index (χ2n) is 4.87. The molecule has 0 saturated heterocycles. The number of amides is 2. The van der Waals surface area contributed by atoms with E-state index in [1.54, 1.807) is 11.3 Å². The second-order valence-corrected chi connectivity index (χ2v) is 5.91. The fraction of sp³-hybridized carbons (Fsp3) is 0.312. The van der Waals surface area contributed by atoms with Crippen molar-refractivity contribution in [2.45, 2.75) is 26.4 Å². The molecule has 0 aliphatic carbocycles. The number of benzene rings is 1. The summed E-state index contributed by atoms with van der Waals surface area (Å²) in [6.07, 6.45) is 0.907. The van der Waals surface area contributed by atoms with Crippen molar-refractivity contribution in [3.05, 3.63) is 46.7 Å². The molecule has 1 aromatic carbocycles. The van der Waals surface area contributed by atoms with E-state index >= 15 is 0 Å². The maximum Gasteiger partial charge on any atom is 0.319 e. The average Bonchev–Trinajstić information content (AvgIpc) is 2.93. The molecular weight excluding hydrogens is 284 g/mol. The zero-order valence-electron chi connectivity index (χ0n) is 12.3. The minimum absolute atomic E-state index is 0.0647. The van der Waals surface area contributed by atoms with Crippen LogP contribution in [0.5, 0.6) is 5.75 Å². The van der Waals surface area contributed by atoms with Gasteiger partial charge in [-0.15, -0.1) is 11.3 Å². The fourth-order valence-corrected chi connectivity index (χ4v) is 2.56. The molecule has 5 heteroatoms. The molecular formula is C16H20N2O2S. The molecule has 0 bridgehead atoms. The van der Waals surface area contributed by atoms with Crippen molar-refractivity contribution in [2.75, 3.05) is 11.9 Å². The van der Waals surface area contributed by atoms with Gasteiger partial charge in [-0.1, -0.05) is 18.2 Å². The topological polar surface area (TPSA) is 50.4 Å². The smallest absolute Gasteiger partial charge is 0.319 e. The van der Waals surface area contributed by atoms with E-state index in [4.69, 9.17) is 4.74 Å². The molecule has 2 aromatic rings. The first kappa shape index (κ1) is 15.4. The molecule has 0 saturated carbocycles. The number of carbonyl (C=O) groups excluding carboxylic acids is 1. The van der Waals surface area contributed by atoms with Crippen molar-refractivity contribution in [3.63, 3.8) is 0 Å². The van der Waals surface area contributed by atoms with Gasteiger partial charge >= 0.3 is 6.03 Å². The van der Waals surface area contributed by atoms with Crippen molar-refractivity contribution in [2.24, 2.45) is 0 Å². The highest BCUT2D eigenvalue weighted by molar-refractivity contribution is 7.09. The van der Waals surface area contributed by atoms with Crippen LogP contribution in [-0.2, 0) is 6.42 Å². The summed E-state index contributed by atoms with van der Waals surface area (Å²) in [6.45, 7) is 4.52. The minimum Gasteiger partial charge on any atom is -0.489 e. The van der Waals surface area contributed by atoms with Gasteiger partial charge in [0.2, 0.25) is 0 Å². The third kappa shape index (κ3) is 5.11. The first-order valence-corrected chi connectivity index (χ1v) is 7.86. The van der Waals surface area contributed by atoms with Gasteiger partial charge in [0, 0.05) is 11.4 Å². The SMILES string of the molecule is CC(C)Oc1ccccc1NC(=O)NCCc1cccs1. The van der Waals surface area contributed by atoms with Gasteiger partial charge < -0.3 is 15.4 Å². The van der Waals surface area contributed by atoms with Gasteiger partial charge in [-0.3, -0.25) is 0 Å². The van der Waals surface area contributed by atoms with Crippen LogP contribution in [0.2, 0.25) is 0 Å². The third-order valence-corrected chi connectivity index (χ3v) is 3.67. The number of para-hydroxylation sites is 2. The van der Waals surface area contributed by atoms with Crippen molar-refractivity contribution >= 4 is 23.1 Å². The van der Waals surface area contributed by atoms with E-state index in [2.05, 4.69) is 16.7 Å². The lowest BCUT2D eigenvalue weighted by molar-refractivity contribution is 0.241. The summed E-state index contributed by atoms with van der Waals surface area (Å²) in [5.74, 6) is 0.681. The van der Waals surface area contributed by atoms with E-state index in [-0.39, 0.29) is 12.1 Å². The number of hydrogen-bond donors (Lipinski definition) is 2. The summed E-state index contributed by atoms with van der Waals surface area (Å²) in [4.78, 5) is 13.2. The molecule has 2 N–H and O–H groups in total. The molecule has 1 aromatic heterocycles. The lowest BCUT2D eigenvalue weighted by atomic mass is 10.3. The highest BCUT2D eigenvalue weighted by atomic mass is 32.1. The standard InChI is InChI=1S/C16H20N2O2S/c1-12(2)20-15-8-4-3-7-14(15)18-16(19)17-10-9-13-6-5-11-21-13/h3-8,11-12H,9-10H2,1-2H3,(H2,17,18,19). The Kier molecular flexibility index (Phi) is 5.63. The molecule has 0 atom stereocenters. The van der Waals surface area contributed by atoms with Crippen molar-refractivity contribution in [1.29, 1.82) is 0 Å². The van der Waals surface area contributed by atoms with Crippen LogP contribution < -0.4 is 15.4 Å². The number of rotatable bonds is 6. The van der Waals surface area contributed by atoms with Crippen molar-refractivity contribution in [3.8, 4) is 5.75 Å². The Bertz CT molecular complexity index is 567. The van der Waals surface area contributed by atoms with Crippen LogP contribution in [-0.4, -0.2) is 18.7 Å². The summed E-state index contributed by atoms with van der Waals surface area (Å²) in [5, 5.41) is 7.71. The number of anilines is 1. The summed E-state index contributed by atoms with van der Waals surface area (Å²) >= 11 is 1.70. The van der Waals surface area contributed by atoms with Gasteiger partial charge in [0.1, 0.15) is 5.75 Å². The zero-order valence-corrected chi connectivity index (χ0v) is 13.1. The van der Waals surface area contributed by atoms with Crippen LogP contribution in [0.15, 0.2) is 41.8 Å². The van der Waals surface area contributed by atoms with E-state index in [9.17, 15) is 4.79 Å². The second kappa shape index (κ2) is 7.69. The molecule has 0 unspecified atom stereocenters. The number of hydrogen-bond acceptors (Lipinski definition) is 3. The van der Waals surface area contributed by atoms with Crippen molar-refractivity contribution < 1.29 is 9.53 Å². The van der Waals surface area contributed by atoms with E-state index < -0.39 is 0 Å². The predicted octanol–water partition coefficient (Wildman–Crippen LogP) is 3.90. The molecule has 0 radical (unpaired) electrons. The predicted molar refractivity (Wildman–Crippen MR) is 87.3 cm³/mol. The summed E-state index contributed by atoms with van der Waals surface area (Å²) in [7, 11) is 0. The van der Waals surface area contributed by atoms with Crippen molar-refractivity contribution in [1.82, 2.24) is 5.32 Å². The highest BCUT2D eigenvalue weighted by Gasteiger charge is 2.08. The Balaban J connectivity index is 1.84. The maximum atomic E-state index is 11.9. The van der Waals surface area contributed by atoms with E-state index in [0.29, 0.717) is 18.0 Å². The number of nitrogens with one attached hydrogen (secondary N) is 2. The van der Waals surface area contributed by atoms with Gasteiger partial charge in [-0.2, -0.15) is 0 Å². The van der Waals surface area contributed by atoms with E-state index in [1.807, 2.05) is 49.6 Å². The Morgan fingerprint density at radius 1 is 1.24 bits per heavy atom. The largest absolute Gasteiger partial charge is 0.489 e. The Morgan fingerprint density at radius 2 is 2.05 bits per heavy atom. The van der Waals surface area contributed by atoms with Crippen LogP contribution in [0.4, 0.5) is 10.5 Å². The lowest BCUT2D eigenvalue weighted by Gasteiger charge is -2.15. The highest BCUT2D eigenvalue weighted by Crippen LogP contribution is 2.24. The fourth-order valence-electron chi connectivity index (χ4n) is 1.85. The molecule has 0 spiro atoms. The van der Waals surface area contributed by atoms with Gasteiger partial charge in [0.15, 0.2) is 0 Å². The van der Waals surface area contributed by atoms with Crippen LogP contribution in [0.3, 0.4) is 0 Å². The number of carbonyl (C=O) groups is 1. The van der Waals surface area contributed by atoms with Gasteiger partial charge in [-0.25, -0.2) is 4.79 Å². The molecule has 0 fully saturated rings. The first-order valence-electron chi connectivity index (χ1n) is 6.98. The molecule has 0 aliphatic heterocycles. The number of thiophene rings is 1. The molecule has 4 nitrogen and oxygen atoms in total. The monoisotopic (exact) mass is 304 g/mol. The third-order valence-electron chi connectivity index (χ3n) is 2.73. The van der Waals surface area contributed by atoms with Crippen LogP contribution in [0.25, 0.3) is 0 Å². The Labute approximate surface area is 129 Å². The minimum atomic E-state index is -0.216. The average molecular weight is 304 g/mol. The summed E-state index contributed by atoms with van der Waals surface area (Å²) in [6, 6.07) is 11.3. The van der Waals surface area contributed by atoms with Crippen LogP contribution in [0, 0.1) is 0 Å². The number of urea groups is 1. The lowest BCUT2D eigenvalue weighted by Crippen LogP contribution is -2.30. The first-order chi connectivity index (χ1) is 10.1. The Morgan fingerprint density at radius 3 is 2.76 bits per heavy atom. The maximum absolute atomic E-state index is 11.9. The van der Waals surface area contributed by atoms with Gasteiger partial charge in [0.05, 0.1) is 11.8 Å². The molecule has 21 heavy (non-hydrogen) atoms. The van der Waals surface area contributed by atoms with Gasteiger partial charge in [0.25, 0.3) is 0 Å².